The Hall–Kier alpha value is -2.77. The van der Waals surface area contributed by atoms with E-state index in [1.807, 2.05) is 0 Å². The van der Waals surface area contributed by atoms with Crippen LogP contribution in [0.4, 0.5) is 4.79 Å². The molecule has 0 spiro atoms. The molecule has 0 fully saturated rings. The second-order valence-corrected chi connectivity index (χ2v) is 6.67. The smallest absolute Gasteiger partial charge is 0.410 e. The molecule has 1 amide bonds. The SMILES string of the molecule is COc1cc(OC)c(C[C@@H](C(=O)O)N(C)C(=O)OC(C)(C)C)cc1C=O. The summed E-state index contributed by atoms with van der Waals surface area (Å²) >= 11 is 0. The first-order chi connectivity index (χ1) is 12.0. The summed E-state index contributed by atoms with van der Waals surface area (Å²) in [6.07, 6.45) is -0.221. The Morgan fingerprint density at radius 2 is 1.77 bits per heavy atom. The number of carbonyl (C=O) groups is 3. The molecule has 1 rings (SSSR count). The minimum absolute atomic E-state index is 0.0704. The van der Waals surface area contributed by atoms with Gasteiger partial charge < -0.3 is 19.3 Å². The van der Waals surface area contributed by atoms with E-state index in [-0.39, 0.29) is 12.0 Å². The van der Waals surface area contributed by atoms with Crippen molar-refractivity contribution >= 4 is 18.3 Å². The summed E-state index contributed by atoms with van der Waals surface area (Å²) < 4.78 is 15.6. The third-order valence-electron chi connectivity index (χ3n) is 3.61. The maximum absolute atomic E-state index is 12.2. The van der Waals surface area contributed by atoms with E-state index in [1.54, 1.807) is 20.8 Å². The van der Waals surface area contributed by atoms with Crippen LogP contribution in [-0.2, 0) is 16.0 Å². The Morgan fingerprint density at radius 3 is 2.19 bits per heavy atom. The highest BCUT2D eigenvalue weighted by molar-refractivity contribution is 5.82. The van der Waals surface area contributed by atoms with Crippen molar-refractivity contribution in [2.24, 2.45) is 0 Å². The summed E-state index contributed by atoms with van der Waals surface area (Å²) in [5.74, 6) is -0.534. The fourth-order valence-corrected chi connectivity index (χ4v) is 2.30. The number of likely N-dealkylation sites (N-methyl/N-ethyl adjacent to an activating group) is 1. The number of hydrogen-bond acceptors (Lipinski definition) is 6. The fraction of sp³-hybridized carbons (Fsp3) is 0.500. The average molecular weight is 367 g/mol. The maximum atomic E-state index is 12.2. The lowest BCUT2D eigenvalue weighted by Gasteiger charge is -2.29. The number of amides is 1. The number of methoxy groups -OCH3 is 2. The predicted octanol–water partition coefficient (Wildman–Crippen LogP) is 2.38. The average Bonchev–Trinajstić information content (AvgIpc) is 2.56. The zero-order valence-corrected chi connectivity index (χ0v) is 15.9. The molecular formula is C18H25NO7. The molecule has 0 unspecified atom stereocenters. The summed E-state index contributed by atoms with van der Waals surface area (Å²) in [5.41, 5.74) is -0.0396. The summed E-state index contributed by atoms with van der Waals surface area (Å²) in [5, 5.41) is 9.56. The van der Waals surface area contributed by atoms with Crippen molar-refractivity contribution < 1.29 is 33.7 Å². The molecule has 0 saturated carbocycles. The number of nitrogens with zero attached hydrogens (tertiary/aromatic N) is 1. The molecule has 0 aliphatic heterocycles. The lowest BCUT2D eigenvalue weighted by Crippen LogP contribution is -2.46. The van der Waals surface area contributed by atoms with Crippen molar-refractivity contribution in [2.45, 2.75) is 38.8 Å². The number of aliphatic carboxylic acids is 1. The standard InChI is InChI=1S/C18H25NO7/c1-18(2,3)26-17(23)19(4)13(16(21)22)8-11-7-12(10-20)15(25-6)9-14(11)24-5/h7,9-10,13H,8H2,1-6H3,(H,21,22)/t13-/m0/s1. The van der Waals surface area contributed by atoms with Gasteiger partial charge in [-0.25, -0.2) is 9.59 Å². The molecule has 1 aromatic rings. The van der Waals surface area contributed by atoms with E-state index in [1.165, 1.54) is 33.4 Å². The van der Waals surface area contributed by atoms with Crippen LogP contribution >= 0.6 is 0 Å². The molecule has 1 N–H and O–H groups in total. The predicted molar refractivity (Wildman–Crippen MR) is 94.1 cm³/mol. The lowest BCUT2D eigenvalue weighted by molar-refractivity contribution is -0.142. The van der Waals surface area contributed by atoms with Crippen molar-refractivity contribution in [2.75, 3.05) is 21.3 Å². The second-order valence-electron chi connectivity index (χ2n) is 6.67. The van der Waals surface area contributed by atoms with Crippen LogP contribution in [0.15, 0.2) is 12.1 Å². The van der Waals surface area contributed by atoms with Crippen molar-refractivity contribution in [3.63, 3.8) is 0 Å². The van der Waals surface area contributed by atoms with Crippen molar-refractivity contribution in [1.29, 1.82) is 0 Å². The molecular weight excluding hydrogens is 342 g/mol. The van der Waals surface area contributed by atoms with Gasteiger partial charge >= 0.3 is 12.1 Å². The van der Waals surface area contributed by atoms with E-state index in [2.05, 4.69) is 0 Å². The number of hydrogen-bond donors (Lipinski definition) is 1. The van der Waals surface area contributed by atoms with Gasteiger partial charge in [-0.15, -0.1) is 0 Å². The summed E-state index contributed by atoms with van der Waals surface area (Å²) in [7, 11) is 4.19. The molecule has 0 saturated heterocycles. The van der Waals surface area contributed by atoms with Gasteiger partial charge in [0, 0.05) is 19.5 Å². The van der Waals surface area contributed by atoms with Crippen molar-refractivity contribution in [3.8, 4) is 11.5 Å². The Labute approximate surface area is 152 Å². The van der Waals surface area contributed by atoms with Gasteiger partial charge in [0.15, 0.2) is 6.29 Å². The molecule has 26 heavy (non-hydrogen) atoms. The molecule has 8 heteroatoms. The van der Waals surface area contributed by atoms with E-state index in [0.29, 0.717) is 23.3 Å². The fourth-order valence-electron chi connectivity index (χ4n) is 2.30. The first-order valence-electron chi connectivity index (χ1n) is 7.92. The molecule has 0 bridgehead atoms. The number of aldehydes is 1. The molecule has 144 valence electrons. The molecule has 0 aliphatic carbocycles. The molecule has 0 radical (unpaired) electrons. The second kappa shape index (κ2) is 8.55. The molecule has 1 aromatic carbocycles. The van der Waals surface area contributed by atoms with Gasteiger partial charge in [0.2, 0.25) is 0 Å². The number of ether oxygens (including phenoxy) is 3. The van der Waals surface area contributed by atoms with Crippen LogP contribution in [0.1, 0.15) is 36.7 Å². The van der Waals surface area contributed by atoms with Crippen molar-refractivity contribution in [3.05, 3.63) is 23.3 Å². The van der Waals surface area contributed by atoms with Gasteiger partial charge in [-0.05, 0) is 32.4 Å². The maximum Gasteiger partial charge on any atom is 0.410 e. The first-order valence-corrected chi connectivity index (χ1v) is 7.92. The van der Waals surface area contributed by atoms with E-state index >= 15 is 0 Å². The van der Waals surface area contributed by atoms with Crippen LogP contribution in [-0.4, -0.2) is 61.3 Å². The van der Waals surface area contributed by atoms with E-state index in [9.17, 15) is 19.5 Å². The van der Waals surface area contributed by atoms with Crippen LogP contribution in [0.3, 0.4) is 0 Å². The highest BCUT2D eigenvalue weighted by Gasteiger charge is 2.31. The minimum atomic E-state index is -1.20. The lowest BCUT2D eigenvalue weighted by atomic mass is 10.0. The van der Waals surface area contributed by atoms with E-state index in [4.69, 9.17) is 14.2 Å². The van der Waals surface area contributed by atoms with E-state index < -0.39 is 23.7 Å². The normalized spacial score (nSPS) is 12.1. The van der Waals surface area contributed by atoms with Crippen LogP contribution in [0.2, 0.25) is 0 Å². The van der Waals surface area contributed by atoms with Crippen LogP contribution in [0.5, 0.6) is 11.5 Å². The third-order valence-corrected chi connectivity index (χ3v) is 3.61. The molecule has 0 aliphatic rings. The monoisotopic (exact) mass is 367 g/mol. The molecule has 0 heterocycles. The van der Waals surface area contributed by atoms with E-state index in [0.717, 1.165) is 4.90 Å². The van der Waals surface area contributed by atoms with Gasteiger partial charge in [0.05, 0.1) is 19.8 Å². The zero-order valence-electron chi connectivity index (χ0n) is 15.9. The molecule has 1 atom stereocenters. The van der Waals surface area contributed by atoms with Gasteiger partial charge in [0.25, 0.3) is 0 Å². The first kappa shape index (κ1) is 21.3. The number of carbonyl (C=O) groups excluding carboxylic acids is 2. The Morgan fingerprint density at radius 1 is 1.19 bits per heavy atom. The zero-order chi connectivity index (χ0) is 20.1. The third kappa shape index (κ3) is 5.37. The number of carboxylic acid groups (broad SMARTS) is 1. The number of rotatable bonds is 7. The van der Waals surface area contributed by atoms with Crippen LogP contribution in [0.25, 0.3) is 0 Å². The number of benzene rings is 1. The summed E-state index contributed by atoms with van der Waals surface area (Å²) in [4.78, 5) is 36.2. The summed E-state index contributed by atoms with van der Waals surface area (Å²) in [6.45, 7) is 5.08. The largest absolute Gasteiger partial charge is 0.496 e. The highest BCUT2D eigenvalue weighted by Crippen LogP contribution is 2.30. The van der Waals surface area contributed by atoms with Gasteiger partial charge in [-0.3, -0.25) is 9.69 Å². The minimum Gasteiger partial charge on any atom is -0.496 e. The van der Waals surface area contributed by atoms with Crippen LogP contribution in [0, 0.1) is 0 Å². The van der Waals surface area contributed by atoms with Gasteiger partial charge in [-0.1, -0.05) is 0 Å². The Kier molecular flexibility index (Phi) is 7.00. The highest BCUT2D eigenvalue weighted by atomic mass is 16.6. The summed E-state index contributed by atoms with van der Waals surface area (Å²) in [6, 6.07) is 1.79. The quantitative estimate of drug-likeness (QED) is 0.738. The topological polar surface area (TPSA) is 102 Å². The van der Waals surface area contributed by atoms with Crippen LogP contribution < -0.4 is 9.47 Å². The number of carboxylic acids is 1. The van der Waals surface area contributed by atoms with Gasteiger partial charge in [0.1, 0.15) is 23.1 Å². The molecule has 0 aromatic heterocycles. The Balaban J connectivity index is 3.20. The van der Waals surface area contributed by atoms with Gasteiger partial charge in [-0.2, -0.15) is 0 Å². The Bertz CT molecular complexity index is 679. The van der Waals surface area contributed by atoms with Crippen molar-refractivity contribution in [1.82, 2.24) is 4.90 Å². The molecule has 8 nitrogen and oxygen atoms in total.